The van der Waals surface area contributed by atoms with Crippen LogP contribution in [0.4, 0.5) is 4.79 Å². The normalized spacial score (nSPS) is 10.8. The minimum atomic E-state index is -0.735. The van der Waals surface area contributed by atoms with E-state index in [1.807, 2.05) is 30.3 Å². The minimum absolute atomic E-state index is 0.00456. The quantitative estimate of drug-likeness (QED) is 0.608. The molecule has 1 amide bonds. The van der Waals surface area contributed by atoms with Crippen molar-refractivity contribution in [1.82, 2.24) is 5.32 Å². The molecule has 0 saturated carbocycles. The van der Waals surface area contributed by atoms with Gasteiger partial charge < -0.3 is 14.2 Å². The van der Waals surface area contributed by atoms with Crippen LogP contribution >= 0.6 is 0 Å². The lowest BCUT2D eigenvalue weighted by Crippen LogP contribution is -2.29. The summed E-state index contributed by atoms with van der Waals surface area (Å²) < 4.78 is 15.2. The van der Waals surface area contributed by atoms with Crippen LogP contribution in [0.1, 0.15) is 18.1 Å². The first kappa shape index (κ1) is 19.1. The summed E-state index contributed by atoms with van der Waals surface area (Å²) in [6.45, 7) is 1.99. The maximum Gasteiger partial charge on any atom is 0.412 e. The molecule has 0 atom stereocenters. The number of esters is 1. The lowest BCUT2D eigenvalue weighted by atomic mass is 10.2. The van der Waals surface area contributed by atoms with E-state index in [1.54, 1.807) is 38.3 Å². The molecule has 0 unspecified atom stereocenters. The average Bonchev–Trinajstić information content (AvgIpc) is 2.67. The number of ether oxygens (including phenoxy) is 3. The Morgan fingerprint density at radius 2 is 1.69 bits per heavy atom. The molecule has 6 nitrogen and oxygen atoms in total. The van der Waals surface area contributed by atoms with Gasteiger partial charge in [-0.3, -0.25) is 5.32 Å². The first-order valence-corrected chi connectivity index (χ1v) is 8.13. The van der Waals surface area contributed by atoms with Crippen molar-refractivity contribution in [3.8, 4) is 5.75 Å². The number of carbonyl (C=O) groups is 2. The molecular formula is C20H21NO5. The van der Waals surface area contributed by atoms with E-state index >= 15 is 0 Å². The van der Waals surface area contributed by atoms with Crippen LogP contribution in [0.3, 0.4) is 0 Å². The molecular weight excluding hydrogens is 334 g/mol. The third-order valence-electron chi connectivity index (χ3n) is 3.37. The number of amides is 1. The summed E-state index contributed by atoms with van der Waals surface area (Å²) >= 11 is 0. The van der Waals surface area contributed by atoms with Crippen LogP contribution in [0.25, 0.3) is 6.08 Å². The third-order valence-corrected chi connectivity index (χ3v) is 3.37. The fourth-order valence-electron chi connectivity index (χ4n) is 2.09. The van der Waals surface area contributed by atoms with E-state index < -0.39 is 12.1 Å². The van der Waals surface area contributed by atoms with Gasteiger partial charge in [-0.1, -0.05) is 42.5 Å². The van der Waals surface area contributed by atoms with Crippen molar-refractivity contribution in [2.75, 3.05) is 13.7 Å². The monoisotopic (exact) mass is 355 g/mol. The highest BCUT2D eigenvalue weighted by Crippen LogP contribution is 2.14. The number of carbonyl (C=O) groups excluding carboxylic acids is 2. The third kappa shape index (κ3) is 5.98. The van der Waals surface area contributed by atoms with Crippen molar-refractivity contribution in [2.24, 2.45) is 0 Å². The molecule has 0 saturated heterocycles. The molecule has 6 heteroatoms. The fourth-order valence-corrected chi connectivity index (χ4v) is 2.09. The Bertz CT molecular complexity index is 754. The van der Waals surface area contributed by atoms with E-state index in [4.69, 9.17) is 14.2 Å². The smallest absolute Gasteiger partial charge is 0.412 e. The maximum atomic E-state index is 12.1. The van der Waals surface area contributed by atoms with Gasteiger partial charge in [0.15, 0.2) is 0 Å². The van der Waals surface area contributed by atoms with Crippen LogP contribution in [-0.2, 0) is 20.9 Å². The van der Waals surface area contributed by atoms with Crippen molar-refractivity contribution < 1.29 is 23.8 Å². The van der Waals surface area contributed by atoms with Crippen LogP contribution in [-0.4, -0.2) is 25.8 Å². The topological polar surface area (TPSA) is 73.9 Å². The molecule has 2 aromatic carbocycles. The number of hydrogen-bond acceptors (Lipinski definition) is 5. The molecule has 0 aliphatic rings. The van der Waals surface area contributed by atoms with E-state index in [1.165, 1.54) is 6.08 Å². The van der Waals surface area contributed by atoms with Crippen molar-refractivity contribution in [1.29, 1.82) is 0 Å². The average molecular weight is 355 g/mol. The Kier molecular flexibility index (Phi) is 7.24. The summed E-state index contributed by atoms with van der Waals surface area (Å²) in [5, 5.41) is 2.44. The lowest BCUT2D eigenvalue weighted by Gasteiger charge is -2.10. The van der Waals surface area contributed by atoms with Crippen LogP contribution in [0.2, 0.25) is 0 Å². The second-order valence-corrected chi connectivity index (χ2v) is 5.24. The van der Waals surface area contributed by atoms with Crippen LogP contribution < -0.4 is 10.1 Å². The van der Waals surface area contributed by atoms with Crippen molar-refractivity contribution >= 4 is 18.1 Å². The number of alkyl carbamates (subject to hydrolysis) is 1. The largest absolute Gasteiger partial charge is 0.497 e. The number of benzene rings is 2. The standard InChI is InChI=1S/C20H21NO5/c1-3-25-19(22)18(13-15-9-11-17(24-2)12-10-15)21-20(23)26-14-16-7-5-4-6-8-16/h4-13H,3,14H2,1-2H3,(H,21,23)/b18-13+. The first-order chi connectivity index (χ1) is 12.6. The molecule has 2 rings (SSSR count). The molecule has 0 aliphatic carbocycles. The van der Waals surface area contributed by atoms with Crippen LogP contribution in [0.5, 0.6) is 5.75 Å². The molecule has 0 radical (unpaired) electrons. The van der Waals surface area contributed by atoms with Gasteiger partial charge in [0.25, 0.3) is 0 Å². The molecule has 0 fully saturated rings. The summed E-state index contributed by atoms with van der Waals surface area (Å²) in [6, 6.07) is 16.3. The molecule has 0 heterocycles. The lowest BCUT2D eigenvalue weighted by molar-refractivity contribution is -0.138. The zero-order chi connectivity index (χ0) is 18.8. The first-order valence-electron chi connectivity index (χ1n) is 8.13. The van der Waals surface area contributed by atoms with E-state index in [2.05, 4.69) is 5.32 Å². The van der Waals surface area contributed by atoms with Gasteiger partial charge in [-0.05, 0) is 36.3 Å². The summed E-state index contributed by atoms with van der Waals surface area (Å²) in [7, 11) is 1.57. The summed E-state index contributed by atoms with van der Waals surface area (Å²) in [5.74, 6) is 0.0510. The number of nitrogens with one attached hydrogen (secondary N) is 1. The van der Waals surface area contributed by atoms with Gasteiger partial charge in [0.2, 0.25) is 0 Å². The van der Waals surface area contributed by atoms with Crippen molar-refractivity contribution in [3.05, 3.63) is 71.4 Å². The predicted octanol–water partition coefficient (Wildman–Crippen LogP) is 3.53. The minimum Gasteiger partial charge on any atom is -0.497 e. The Labute approximate surface area is 152 Å². The number of methoxy groups -OCH3 is 1. The van der Waals surface area contributed by atoms with E-state index in [0.717, 1.165) is 5.56 Å². The van der Waals surface area contributed by atoms with Gasteiger partial charge in [-0.15, -0.1) is 0 Å². The van der Waals surface area contributed by atoms with Gasteiger partial charge in [0.1, 0.15) is 18.1 Å². The zero-order valence-corrected chi connectivity index (χ0v) is 14.7. The van der Waals surface area contributed by atoms with Gasteiger partial charge >= 0.3 is 12.1 Å². The molecule has 0 aliphatic heterocycles. The predicted molar refractivity (Wildman–Crippen MR) is 97.4 cm³/mol. The number of rotatable bonds is 7. The molecule has 0 bridgehead atoms. The molecule has 1 N–H and O–H groups in total. The molecule has 0 aromatic heterocycles. The summed E-state index contributed by atoms with van der Waals surface area (Å²) in [5.41, 5.74) is 1.55. The highest BCUT2D eigenvalue weighted by Gasteiger charge is 2.15. The van der Waals surface area contributed by atoms with Crippen LogP contribution in [0, 0.1) is 0 Å². The second-order valence-electron chi connectivity index (χ2n) is 5.24. The van der Waals surface area contributed by atoms with E-state index in [0.29, 0.717) is 11.3 Å². The molecule has 0 spiro atoms. The van der Waals surface area contributed by atoms with E-state index in [-0.39, 0.29) is 18.9 Å². The molecule has 136 valence electrons. The van der Waals surface area contributed by atoms with Gasteiger partial charge in [-0.2, -0.15) is 0 Å². The number of hydrogen-bond donors (Lipinski definition) is 1. The molecule has 26 heavy (non-hydrogen) atoms. The van der Waals surface area contributed by atoms with Gasteiger partial charge in [0, 0.05) is 0 Å². The second kappa shape index (κ2) is 9.88. The highest BCUT2D eigenvalue weighted by atomic mass is 16.6. The highest BCUT2D eigenvalue weighted by molar-refractivity contribution is 5.96. The summed E-state index contributed by atoms with van der Waals surface area (Å²) in [6.07, 6.45) is 0.781. The fraction of sp³-hybridized carbons (Fsp3) is 0.200. The Hall–Kier alpha value is -3.28. The maximum absolute atomic E-state index is 12.1. The van der Waals surface area contributed by atoms with Crippen molar-refractivity contribution in [3.63, 3.8) is 0 Å². The Morgan fingerprint density at radius 3 is 2.31 bits per heavy atom. The van der Waals surface area contributed by atoms with E-state index in [9.17, 15) is 9.59 Å². The SMILES string of the molecule is CCOC(=O)/C(=C\c1ccc(OC)cc1)NC(=O)OCc1ccccc1. The van der Waals surface area contributed by atoms with Crippen LogP contribution in [0.15, 0.2) is 60.3 Å². The Morgan fingerprint density at radius 1 is 1.00 bits per heavy atom. The zero-order valence-electron chi connectivity index (χ0n) is 14.7. The molecule has 2 aromatic rings. The van der Waals surface area contributed by atoms with Crippen molar-refractivity contribution in [2.45, 2.75) is 13.5 Å². The Balaban J connectivity index is 2.07. The van der Waals surface area contributed by atoms with Gasteiger partial charge in [-0.25, -0.2) is 9.59 Å². The summed E-state index contributed by atoms with van der Waals surface area (Å²) in [4.78, 5) is 24.1. The van der Waals surface area contributed by atoms with Gasteiger partial charge in [0.05, 0.1) is 13.7 Å².